The maximum absolute atomic E-state index is 9.95. The van der Waals surface area contributed by atoms with Crippen LogP contribution in [-0.2, 0) is 6.54 Å². The van der Waals surface area contributed by atoms with Crippen LogP contribution in [0.3, 0.4) is 0 Å². The Labute approximate surface area is 166 Å². The number of carboxylic acid groups (broad SMARTS) is 1. The summed E-state index contributed by atoms with van der Waals surface area (Å²) in [4.78, 5) is 9.95. The topological polar surface area (TPSA) is 72.4 Å². The molecule has 0 heterocycles. The van der Waals surface area contributed by atoms with Crippen LogP contribution in [0.1, 0.15) is 19.4 Å². The molecule has 0 atom stereocenters. The molecule has 0 aliphatic heterocycles. The zero-order chi connectivity index (χ0) is 18.5. The molecule has 0 bridgehead atoms. The molecule has 0 aliphatic rings. The van der Waals surface area contributed by atoms with Crippen molar-refractivity contribution in [3.8, 4) is 0 Å². The molecule has 2 N–H and O–H groups in total. The number of carbonyl (C=O) groups is 1. The molecule has 5 nitrogen and oxygen atoms in total. The first-order chi connectivity index (χ1) is 12.0. The molecule has 2 rings (SSSR count). The largest absolute Gasteiger partial charge is 1.00 e. The lowest BCUT2D eigenvalue weighted by molar-refractivity contribution is -0.938. The van der Waals surface area contributed by atoms with Gasteiger partial charge < -0.3 is 41.8 Å². The number of rotatable bonds is 7. The maximum atomic E-state index is 9.95. The number of amides is 1. The van der Waals surface area contributed by atoms with E-state index in [1.165, 1.54) is 5.56 Å². The molecule has 0 radical (unpaired) electrons. The van der Waals surface area contributed by atoms with E-state index in [2.05, 4.69) is 43.4 Å². The number of aliphatic hydroxyl groups excluding tert-OH is 1. The highest BCUT2D eigenvalue weighted by molar-refractivity contribution is 5.80. The summed E-state index contributed by atoms with van der Waals surface area (Å²) in [7, 11) is 0. The number of aliphatic hydroxyl groups is 1. The number of hydrogen-bond acceptors (Lipinski definition) is 3. The van der Waals surface area contributed by atoms with Gasteiger partial charge in [0.1, 0.15) is 19.2 Å². The Morgan fingerprint density at radius 1 is 1.00 bits per heavy atom. The minimum absolute atomic E-state index is 0. The van der Waals surface area contributed by atoms with Gasteiger partial charge in [0, 0.05) is 11.3 Å². The zero-order valence-corrected chi connectivity index (χ0v) is 17.0. The number of quaternary nitrogens is 1. The van der Waals surface area contributed by atoms with Crippen LogP contribution in [0, 0.1) is 0 Å². The van der Waals surface area contributed by atoms with Crippen molar-refractivity contribution in [3.05, 3.63) is 66.2 Å². The van der Waals surface area contributed by atoms with Crippen molar-refractivity contribution in [2.24, 2.45) is 0 Å². The van der Waals surface area contributed by atoms with E-state index in [0.717, 1.165) is 30.7 Å². The van der Waals surface area contributed by atoms with Crippen molar-refractivity contribution >= 4 is 11.8 Å². The molecular weight excluding hydrogens is 396 g/mol. The van der Waals surface area contributed by atoms with Crippen LogP contribution in [0.5, 0.6) is 0 Å². The molecule has 0 aromatic heterocycles. The first-order valence-corrected chi connectivity index (χ1v) is 8.58. The molecule has 0 unspecified atom stereocenters. The van der Waals surface area contributed by atoms with Gasteiger partial charge in [0.2, 0.25) is 0 Å². The molecule has 26 heavy (non-hydrogen) atoms. The number of nitrogens with zero attached hydrogens (tertiary/aromatic N) is 1. The van der Waals surface area contributed by atoms with Crippen LogP contribution in [0.2, 0.25) is 0 Å². The van der Waals surface area contributed by atoms with Gasteiger partial charge in [-0.2, -0.15) is 0 Å². The van der Waals surface area contributed by atoms with Crippen molar-refractivity contribution in [2.75, 3.05) is 31.6 Å². The average Bonchev–Trinajstić information content (AvgIpc) is 2.63. The van der Waals surface area contributed by atoms with Gasteiger partial charge in [-0.05, 0) is 26.0 Å². The zero-order valence-electron chi connectivity index (χ0n) is 15.4. The number of likely N-dealkylation sites (N-methyl/N-ethyl adjacent to an activating group) is 1. The van der Waals surface area contributed by atoms with Crippen LogP contribution < -0.4 is 27.4 Å². The monoisotopic (exact) mass is 423 g/mol. The molecule has 6 heteroatoms. The lowest BCUT2D eigenvalue weighted by Gasteiger charge is -2.36. The first-order valence-electron chi connectivity index (χ1n) is 8.58. The van der Waals surface area contributed by atoms with Crippen molar-refractivity contribution in [1.29, 1.82) is 0 Å². The summed E-state index contributed by atoms with van der Waals surface area (Å²) in [5, 5.41) is 21.2. The maximum Gasteiger partial charge on any atom is 0.138 e. The molecule has 2 aromatic rings. The van der Waals surface area contributed by atoms with E-state index in [-0.39, 0.29) is 23.6 Å². The molecule has 2 aromatic carbocycles. The fourth-order valence-corrected chi connectivity index (χ4v) is 2.66. The van der Waals surface area contributed by atoms with Gasteiger partial charge in [-0.25, -0.2) is 0 Å². The Balaban J connectivity index is 0.000000497. The minimum atomic E-state index is -1.29. The Kier molecular flexibility index (Phi) is 12.4. The SMILES string of the molecule is CC[N+](CC)(CCO)Cc1ccccc1.O=C([O-])Nc1ccccc1.[Br-]. The molecule has 0 aliphatic carbocycles. The number of para-hydroxylation sites is 1. The van der Waals surface area contributed by atoms with E-state index in [4.69, 9.17) is 5.11 Å². The van der Waals surface area contributed by atoms with Crippen LogP contribution in [-0.4, -0.2) is 41.9 Å². The summed E-state index contributed by atoms with van der Waals surface area (Å²) in [6.07, 6.45) is -1.29. The average molecular weight is 424 g/mol. The predicted molar refractivity (Wildman–Crippen MR) is 98.9 cm³/mol. The molecule has 0 saturated carbocycles. The van der Waals surface area contributed by atoms with E-state index in [9.17, 15) is 9.90 Å². The van der Waals surface area contributed by atoms with Gasteiger partial charge in [-0.3, -0.25) is 0 Å². The highest BCUT2D eigenvalue weighted by Crippen LogP contribution is 2.13. The fraction of sp³-hybridized carbons (Fsp3) is 0.350. The smallest absolute Gasteiger partial charge is 0.138 e. The second-order valence-electron chi connectivity index (χ2n) is 5.84. The Morgan fingerprint density at radius 3 is 1.92 bits per heavy atom. The van der Waals surface area contributed by atoms with E-state index >= 15 is 0 Å². The molecule has 144 valence electrons. The fourth-order valence-electron chi connectivity index (χ4n) is 2.66. The van der Waals surface area contributed by atoms with Gasteiger partial charge in [0.25, 0.3) is 0 Å². The van der Waals surface area contributed by atoms with Gasteiger partial charge in [0.15, 0.2) is 0 Å². The normalized spacial score (nSPS) is 10.1. The van der Waals surface area contributed by atoms with Crippen molar-refractivity contribution in [2.45, 2.75) is 20.4 Å². The number of anilines is 1. The van der Waals surface area contributed by atoms with Gasteiger partial charge in [-0.15, -0.1) is 0 Å². The van der Waals surface area contributed by atoms with Gasteiger partial charge >= 0.3 is 0 Å². The summed E-state index contributed by atoms with van der Waals surface area (Å²) >= 11 is 0. The third kappa shape index (κ3) is 8.99. The van der Waals surface area contributed by atoms with E-state index in [0.29, 0.717) is 5.69 Å². The van der Waals surface area contributed by atoms with Crippen molar-refractivity contribution in [1.82, 2.24) is 0 Å². The molecule has 0 saturated heterocycles. The Bertz CT molecular complexity index is 605. The highest BCUT2D eigenvalue weighted by atomic mass is 79.9. The van der Waals surface area contributed by atoms with Crippen molar-refractivity contribution < 1.29 is 36.5 Å². The number of nitrogens with one attached hydrogen (secondary N) is 1. The number of carbonyl (C=O) groups excluding carboxylic acids is 1. The second kappa shape index (κ2) is 13.3. The minimum Gasteiger partial charge on any atom is -1.00 e. The number of halogens is 1. The van der Waals surface area contributed by atoms with Crippen LogP contribution >= 0.6 is 0 Å². The summed E-state index contributed by atoms with van der Waals surface area (Å²) in [6, 6.07) is 19.1. The van der Waals surface area contributed by atoms with Crippen molar-refractivity contribution in [3.63, 3.8) is 0 Å². The van der Waals surface area contributed by atoms with Gasteiger partial charge in [0.05, 0.1) is 19.7 Å². The summed E-state index contributed by atoms with van der Waals surface area (Å²) in [5.74, 6) is 0. The summed E-state index contributed by atoms with van der Waals surface area (Å²) < 4.78 is 0.973. The molecule has 0 fully saturated rings. The summed E-state index contributed by atoms with van der Waals surface area (Å²) in [6.45, 7) is 8.69. The van der Waals surface area contributed by atoms with E-state index in [1.54, 1.807) is 30.3 Å². The number of benzene rings is 2. The lowest BCUT2D eigenvalue weighted by atomic mass is 10.2. The summed E-state index contributed by atoms with van der Waals surface area (Å²) in [5.41, 5.74) is 1.89. The third-order valence-electron chi connectivity index (χ3n) is 4.30. The number of hydrogen-bond donors (Lipinski definition) is 2. The standard InChI is InChI=1S/C13H22NO.C7H7NO2.BrH/c1-3-14(4-2,10-11-15)12-13-8-6-5-7-9-13;9-7(10)8-6-4-2-1-3-5-6;/h5-9,15H,3-4,10-12H2,1-2H3;1-5,8H,(H,9,10);1H/q+1;;/p-2. The van der Waals surface area contributed by atoms with Crippen LogP contribution in [0.15, 0.2) is 60.7 Å². The van der Waals surface area contributed by atoms with E-state index < -0.39 is 6.09 Å². The molecular formula is C20H28BrN2O3-. The Morgan fingerprint density at radius 2 is 1.50 bits per heavy atom. The Hall–Kier alpha value is -1.89. The second-order valence-corrected chi connectivity index (χ2v) is 5.84. The molecule has 1 amide bonds. The predicted octanol–water partition coefficient (Wildman–Crippen LogP) is -0.519. The van der Waals surface area contributed by atoms with Crippen LogP contribution in [0.4, 0.5) is 10.5 Å². The van der Waals surface area contributed by atoms with Crippen LogP contribution in [0.25, 0.3) is 0 Å². The lowest BCUT2D eigenvalue weighted by Crippen LogP contribution is -3.00. The highest BCUT2D eigenvalue weighted by Gasteiger charge is 2.22. The first kappa shape index (κ1) is 24.1. The van der Waals surface area contributed by atoms with E-state index in [1.807, 2.05) is 6.07 Å². The third-order valence-corrected chi connectivity index (χ3v) is 4.30. The quantitative estimate of drug-likeness (QED) is 0.588. The molecule has 0 spiro atoms. The van der Waals surface area contributed by atoms with Gasteiger partial charge in [-0.1, -0.05) is 48.5 Å².